The van der Waals surface area contributed by atoms with Gasteiger partial charge in [0.05, 0.1) is 17.6 Å². The van der Waals surface area contributed by atoms with E-state index in [0.717, 1.165) is 11.3 Å². The summed E-state index contributed by atoms with van der Waals surface area (Å²) in [6.45, 7) is 3.65. The van der Waals surface area contributed by atoms with Crippen LogP contribution in [0.4, 0.5) is 4.39 Å². The molecule has 0 aliphatic heterocycles. The molecule has 0 radical (unpaired) electrons. The second kappa shape index (κ2) is 4.59. The van der Waals surface area contributed by atoms with Crippen LogP contribution in [0.2, 0.25) is 0 Å². The number of hydrogen-bond donors (Lipinski definition) is 1. The molecule has 0 saturated heterocycles. The molecule has 17 heavy (non-hydrogen) atoms. The van der Waals surface area contributed by atoms with Gasteiger partial charge in [0.25, 0.3) is 0 Å². The summed E-state index contributed by atoms with van der Waals surface area (Å²) in [6, 6.07) is 4.61. The van der Waals surface area contributed by atoms with Crippen LogP contribution in [0.15, 0.2) is 30.6 Å². The molecule has 4 heteroatoms. The Morgan fingerprint density at radius 3 is 2.59 bits per heavy atom. The fourth-order valence-corrected chi connectivity index (χ4v) is 1.58. The van der Waals surface area contributed by atoms with E-state index in [2.05, 4.69) is 9.97 Å². The Bertz CT molecular complexity index is 525. The Morgan fingerprint density at radius 2 is 1.94 bits per heavy atom. The summed E-state index contributed by atoms with van der Waals surface area (Å²) in [4.78, 5) is 8.08. The third kappa shape index (κ3) is 2.47. The monoisotopic (exact) mass is 232 g/mol. The summed E-state index contributed by atoms with van der Waals surface area (Å²) in [5, 5.41) is 10.0. The van der Waals surface area contributed by atoms with E-state index < -0.39 is 11.9 Å². The van der Waals surface area contributed by atoms with Gasteiger partial charge in [0.2, 0.25) is 0 Å². The lowest BCUT2D eigenvalue weighted by atomic mass is 10.0. The highest BCUT2D eigenvalue weighted by atomic mass is 19.1. The Hall–Kier alpha value is -1.81. The first-order valence-corrected chi connectivity index (χ1v) is 5.30. The first kappa shape index (κ1) is 11.7. The van der Waals surface area contributed by atoms with Crippen molar-refractivity contribution in [2.45, 2.75) is 20.0 Å². The molecular weight excluding hydrogens is 219 g/mol. The van der Waals surface area contributed by atoms with Crippen molar-refractivity contribution in [2.75, 3.05) is 0 Å². The molecule has 3 nitrogen and oxygen atoms in total. The predicted octanol–water partition coefficient (Wildman–Crippen LogP) is 2.31. The van der Waals surface area contributed by atoms with E-state index in [4.69, 9.17) is 0 Å². The number of rotatable bonds is 2. The zero-order valence-corrected chi connectivity index (χ0v) is 9.68. The van der Waals surface area contributed by atoms with Crippen LogP contribution >= 0.6 is 0 Å². The molecule has 2 rings (SSSR count). The van der Waals surface area contributed by atoms with Crippen LogP contribution in [0.25, 0.3) is 0 Å². The first-order valence-electron chi connectivity index (χ1n) is 5.30. The van der Waals surface area contributed by atoms with Crippen LogP contribution in [-0.2, 0) is 0 Å². The lowest BCUT2D eigenvalue weighted by Crippen LogP contribution is -2.06. The van der Waals surface area contributed by atoms with Crippen molar-refractivity contribution >= 4 is 0 Å². The van der Waals surface area contributed by atoms with Crippen molar-refractivity contribution in [3.8, 4) is 0 Å². The predicted molar refractivity (Wildman–Crippen MR) is 62.0 cm³/mol. The molecule has 1 aromatic heterocycles. The summed E-state index contributed by atoms with van der Waals surface area (Å²) in [5.74, 6) is -0.439. The average molecular weight is 232 g/mol. The van der Waals surface area contributed by atoms with Gasteiger partial charge in [0.1, 0.15) is 11.9 Å². The second-order valence-electron chi connectivity index (χ2n) is 4.01. The van der Waals surface area contributed by atoms with Gasteiger partial charge in [-0.25, -0.2) is 4.39 Å². The zero-order chi connectivity index (χ0) is 12.4. The highest BCUT2D eigenvalue weighted by molar-refractivity contribution is 5.30. The van der Waals surface area contributed by atoms with E-state index in [1.165, 1.54) is 12.3 Å². The molecule has 0 spiro atoms. The topological polar surface area (TPSA) is 46.0 Å². The number of halogens is 1. The van der Waals surface area contributed by atoms with Gasteiger partial charge in [-0.05, 0) is 19.9 Å². The van der Waals surface area contributed by atoms with Crippen LogP contribution in [0.5, 0.6) is 0 Å². The lowest BCUT2D eigenvalue weighted by molar-refractivity contribution is 0.209. The third-order valence-corrected chi connectivity index (χ3v) is 2.53. The maximum Gasteiger partial charge on any atom is 0.129 e. The van der Waals surface area contributed by atoms with E-state index in [-0.39, 0.29) is 5.56 Å². The second-order valence-corrected chi connectivity index (χ2v) is 4.01. The van der Waals surface area contributed by atoms with E-state index in [9.17, 15) is 9.50 Å². The number of aliphatic hydroxyl groups is 1. The van der Waals surface area contributed by atoms with E-state index in [1.54, 1.807) is 25.3 Å². The summed E-state index contributed by atoms with van der Waals surface area (Å²) in [7, 11) is 0. The molecule has 0 fully saturated rings. The van der Waals surface area contributed by atoms with Gasteiger partial charge in [-0.15, -0.1) is 0 Å². The molecule has 0 amide bonds. The van der Waals surface area contributed by atoms with Crippen molar-refractivity contribution < 1.29 is 9.50 Å². The molecule has 1 atom stereocenters. The van der Waals surface area contributed by atoms with Gasteiger partial charge in [0, 0.05) is 11.8 Å². The smallest absolute Gasteiger partial charge is 0.129 e. The molecule has 1 aromatic carbocycles. The van der Waals surface area contributed by atoms with Gasteiger partial charge >= 0.3 is 0 Å². The number of aromatic nitrogens is 2. The molecule has 0 saturated carbocycles. The van der Waals surface area contributed by atoms with Crippen LogP contribution in [-0.4, -0.2) is 15.1 Å². The number of aliphatic hydroxyl groups excluding tert-OH is 1. The number of aryl methyl sites for hydroxylation is 2. The summed E-state index contributed by atoms with van der Waals surface area (Å²) >= 11 is 0. The maximum atomic E-state index is 13.6. The largest absolute Gasteiger partial charge is 0.382 e. The SMILES string of the molecule is Cc1ccc(F)c(C(O)c2cnc(C)cn2)c1. The Morgan fingerprint density at radius 1 is 1.18 bits per heavy atom. The van der Waals surface area contributed by atoms with Crippen molar-refractivity contribution in [1.82, 2.24) is 9.97 Å². The van der Waals surface area contributed by atoms with Gasteiger partial charge < -0.3 is 5.11 Å². The fourth-order valence-electron chi connectivity index (χ4n) is 1.58. The Balaban J connectivity index is 2.39. The van der Waals surface area contributed by atoms with E-state index in [0.29, 0.717) is 5.69 Å². The van der Waals surface area contributed by atoms with Gasteiger partial charge in [-0.3, -0.25) is 9.97 Å². The van der Waals surface area contributed by atoms with Gasteiger partial charge in [-0.1, -0.05) is 17.7 Å². The lowest BCUT2D eigenvalue weighted by Gasteiger charge is -2.11. The Kier molecular flexibility index (Phi) is 3.15. The minimum atomic E-state index is -1.08. The standard InChI is InChI=1S/C13H13FN2O/c1-8-3-4-11(14)10(5-8)13(17)12-7-15-9(2)6-16-12/h3-7,13,17H,1-2H3. The van der Waals surface area contributed by atoms with E-state index >= 15 is 0 Å². The van der Waals surface area contributed by atoms with Crippen molar-refractivity contribution in [2.24, 2.45) is 0 Å². The van der Waals surface area contributed by atoms with Crippen LogP contribution in [0.3, 0.4) is 0 Å². The summed E-state index contributed by atoms with van der Waals surface area (Å²) < 4.78 is 13.6. The first-order chi connectivity index (χ1) is 8.08. The molecule has 88 valence electrons. The molecular formula is C13H13FN2O. The maximum absolute atomic E-state index is 13.6. The normalized spacial score (nSPS) is 12.5. The average Bonchev–Trinajstić information content (AvgIpc) is 2.32. The van der Waals surface area contributed by atoms with Crippen LogP contribution in [0.1, 0.15) is 28.6 Å². The van der Waals surface area contributed by atoms with Crippen LogP contribution < -0.4 is 0 Å². The Labute approximate surface area is 99.0 Å². The summed E-state index contributed by atoms with van der Waals surface area (Å²) in [6.07, 6.45) is 1.93. The molecule has 0 aliphatic rings. The molecule has 1 unspecified atom stereocenters. The number of nitrogens with zero attached hydrogens (tertiary/aromatic N) is 2. The minimum Gasteiger partial charge on any atom is -0.382 e. The highest BCUT2D eigenvalue weighted by Crippen LogP contribution is 2.23. The summed E-state index contributed by atoms with van der Waals surface area (Å²) in [5.41, 5.74) is 2.22. The minimum absolute atomic E-state index is 0.225. The van der Waals surface area contributed by atoms with Crippen molar-refractivity contribution in [3.63, 3.8) is 0 Å². The number of hydrogen-bond acceptors (Lipinski definition) is 3. The molecule has 1 heterocycles. The molecule has 2 aromatic rings. The number of benzene rings is 1. The zero-order valence-electron chi connectivity index (χ0n) is 9.68. The highest BCUT2D eigenvalue weighted by Gasteiger charge is 2.16. The molecule has 0 bridgehead atoms. The van der Waals surface area contributed by atoms with Crippen LogP contribution in [0, 0.1) is 19.7 Å². The van der Waals surface area contributed by atoms with Crippen molar-refractivity contribution in [3.05, 3.63) is 58.9 Å². The fraction of sp³-hybridized carbons (Fsp3) is 0.231. The van der Waals surface area contributed by atoms with Gasteiger partial charge in [0.15, 0.2) is 0 Å². The van der Waals surface area contributed by atoms with Crippen molar-refractivity contribution in [1.29, 1.82) is 0 Å². The van der Waals surface area contributed by atoms with E-state index in [1.807, 2.05) is 6.92 Å². The molecule has 1 N–H and O–H groups in total. The third-order valence-electron chi connectivity index (χ3n) is 2.53. The quantitative estimate of drug-likeness (QED) is 0.864. The van der Waals surface area contributed by atoms with Gasteiger partial charge in [-0.2, -0.15) is 0 Å². The molecule has 0 aliphatic carbocycles.